The number of amides is 1. The number of hydrogen-bond donors (Lipinski definition) is 2. The SMILES string of the molecule is Cc1ccc(C(=O)NC2(C(=O)O)CCSC2)cc1F. The predicted molar refractivity (Wildman–Crippen MR) is 70.9 cm³/mol. The Balaban J connectivity index is 2.20. The van der Waals surface area contributed by atoms with E-state index >= 15 is 0 Å². The fraction of sp³-hybridized carbons (Fsp3) is 0.385. The van der Waals surface area contributed by atoms with Gasteiger partial charge >= 0.3 is 5.97 Å². The zero-order valence-electron chi connectivity index (χ0n) is 10.4. The van der Waals surface area contributed by atoms with Gasteiger partial charge < -0.3 is 10.4 Å². The van der Waals surface area contributed by atoms with Crippen LogP contribution < -0.4 is 5.32 Å². The Kier molecular flexibility index (Phi) is 3.80. The lowest BCUT2D eigenvalue weighted by Crippen LogP contribution is -2.54. The number of thioether (sulfide) groups is 1. The summed E-state index contributed by atoms with van der Waals surface area (Å²) in [5.41, 5.74) is -0.648. The van der Waals surface area contributed by atoms with Gasteiger partial charge in [0.2, 0.25) is 0 Å². The van der Waals surface area contributed by atoms with Gasteiger partial charge in [-0.15, -0.1) is 0 Å². The maximum absolute atomic E-state index is 13.4. The molecule has 1 aromatic rings. The van der Waals surface area contributed by atoms with E-state index < -0.39 is 23.2 Å². The average Bonchev–Trinajstić information content (AvgIpc) is 2.82. The van der Waals surface area contributed by atoms with Crippen molar-refractivity contribution in [1.29, 1.82) is 0 Å². The Morgan fingerprint density at radius 1 is 1.47 bits per heavy atom. The largest absolute Gasteiger partial charge is 0.479 e. The highest BCUT2D eigenvalue weighted by atomic mass is 32.2. The van der Waals surface area contributed by atoms with Crippen LogP contribution in [-0.2, 0) is 4.79 Å². The van der Waals surface area contributed by atoms with E-state index in [4.69, 9.17) is 0 Å². The highest BCUT2D eigenvalue weighted by Gasteiger charge is 2.43. The molecule has 0 bridgehead atoms. The topological polar surface area (TPSA) is 66.4 Å². The number of carbonyl (C=O) groups is 2. The van der Waals surface area contributed by atoms with Gasteiger partial charge in [-0.05, 0) is 36.8 Å². The van der Waals surface area contributed by atoms with Crippen molar-refractivity contribution in [1.82, 2.24) is 5.32 Å². The van der Waals surface area contributed by atoms with E-state index in [-0.39, 0.29) is 5.56 Å². The highest BCUT2D eigenvalue weighted by molar-refractivity contribution is 7.99. The zero-order chi connectivity index (χ0) is 14.0. The average molecular weight is 283 g/mol. The van der Waals surface area contributed by atoms with Crippen LogP contribution in [0, 0.1) is 12.7 Å². The molecule has 1 aromatic carbocycles. The first-order valence-corrected chi connectivity index (χ1v) is 7.00. The minimum absolute atomic E-state index is 0.139. The summed E-state index contributed by atoms with van der Waals surface area (Å²) >= 11 is 1.48. The van der Waals surface area contributed by atoms with Gasteiger partial charge in [0, 0.05) is 11.3 Å². The summed E-state index contributed by atoms with van der Waals surface area (Å²) < 4.78 is 13.4. The van der Waals surface area contributed by atoms with Gasteiger partial charge in [0.1, 0.15) is 11.4 Å². The molecule has 1 unspecified atom stereocenters. The summed E-state index contributed by atoms with van der Waals surface area (Å²) in [5.74, 6) is -1.04. The molecule has 1 fully saturated rings. The van der Waals surface area contributed by atoms with Gasteiger partial charge in [-0.3, -0.25) is 4.79 Å². The quantitative estimate of drug-likeness (QED) is 0.888. The van der Waals surface area contributed by atoms with Gasteiger partial charge in [-0.1, -0.05) is 6.07 Å². The summed E-state index contributed by atoms with van der Waals surface area (Å²) in [4.78, 5) is 23.3. The normalized spacial score (nSPS) is 22.2. The van der Waals surface area contributed by atoms with E-state index in [1.165, 1.54) is 23.9 Å². The number of carboxylic acids is 1. The van der Waals surface area contributed by atoms with Crippen LogP contribution in [-0.4, -0.2) is 34.0 Å². The van der Waals surface area contributed by atoms with Gasteiger partial charge in [-0.2, -0.15) is 11.8 Å². The lowest BCUT2D eigenvalue weighted by atomic mass is 9.98. The fourth-order valence-corrected chi connectivity index (χ4v) is 3.23. The molecule has 1 saturated heterocycles. The molecule has 0 radical (unpaired) electrons. The van der Waals surface area contributed by atoms with Gasteiger partial charge in [0.25, 0.3) is 5.91 Å². The molecule has 1 aliphatic heterocycles. The Labute approximate surface area is 114 Å². The lowest BCUT2D eigenvalue weighted by molar-refractivity contribution is -0.143. The van der Waals surface area contributed by atoms with Crippen LogP contribution in [0.25, 0.3) is 0 Å². The first kappa shape index (κ1) is 13.9. The minimum atomic E-state index is -1.23. The number of benzene rings is 1. The van der Waals surface area contributed by atoms with E-state index in [2.05, 4.69) is 5.32 Å². The third-order valence-electron chi connectivity index (χ3n) is 3.22. The number of carbonyl (C=O) groups excluding carboxylic acids is 1. The standard InChI is InChI=1S/C13H14FNO3S/c1-8-2-3-9(6-10(8)14)11(16)15-13(12(17)18)4-5-19-7-13/h2-3,6H,4-5,7H2,1H3,(H,15,16)(H,17,18). The molecule has 2 rings (SSSR count). The number of rotatable bonds is 3. The molecule has 4 nitrogen and oxygen atoms in total. The number of halogens is 1. The number of aryl methyl sites for hydroxylation is 1. The molecular formula is C13H14FNO3S. The molecule has 0 aromatic heterocycles. The van der Waals surface area contributed by atoms with Crippen LogP contribution in [0.1, 0.15) is 22.3 Å². The second-order valence-corrected chi connectivity index (χ2v) is 5.71. The summed E-state index contributed by atoms with van der Waals surface area (Å²) in [6, 6.07) is 4.12. The zero-order valence-corrected chi connectivity index (χ0v) is 11.2. The Morgan fingerprint density at radius 3 is 2.74 bits per heavy atom. The molecule has 1 aliphatic rings. The maximum atomic E-state index is 13.4. The summed E-state index contributed by atoms with van der Waals surface area (Å²) in [7, 11) is 0. The van der Waals surface area contributed by atoms with E-state index in [0.717, 1.165) is 6.07 Å². The van der Waals surface area contributed by atoms with Crippen molar-refractivity contribution in [3.05, 3.63) is 35.1 Å². The first-order chi connectivity index (χ1) is 8.94. The lowest BCUT2D eigenvalue weighted by Gasteiger charge is -2.24. The molecule has 102 valence electrons. The Morgan fingerprint density at radius 2 is 2.21 bits per heavy atom. The van der Waals surface area contributed by atoms with Crippen molar-refractivity contribution < 1.29 is 19.1 Å². The third kappa shape index (κ3) is 2.73. The number of carboxylic acid groups (broad SMARTS) is 1. The number of nitrogens with one attached hydrogen (secondary N) is 1. The van der Waals surface area contributed by atoms with Gasteiger partial charge in [0.05, 0.1) is 0 Å². The Hall–Kier alpha value is -1.56. The smallest absolute Gasteiger partial charge is 0.330 e. The van der Waals surface area contributed by atoms with E-state index in [9.17, 15) is 19.1 Å². The third-order valence-corrected chi connectivity index (χ3v) is 4.41. The molecule has 0 spiro atoms. The molecule has 0 aliphatic carbocycles. The van der Waals surface area contributed by atoms with E-state index in [1.807, 2.05) is 0 Å². The fourth-order valence-electron chi connectivity index (χ4n) is 1.91. The molecule has 6 heteroatoms. The number of hydrogen-bond acceptors (Lipinski definition) is 3. The molecule has 1 atom stereocenters. The van der Waals surface area contributed by atoms with E-state index in [1.54, 1.807) is 6.92 Å². The van der Waals surface area contributed by atoms with Gasteiger partial charge in [0.15, 0.2) is 0 Å². The first-order valence-electron chi connectivity index (χ1n) is 5.84. The van der Waals surface area contributed by atoms with Gasteiger partial charge in [-0.25, -0.2) is 9.18 Å². The van der Waals surface area contributed by atoms with Crippen LogP contribution >= 0.6 is 11.8 Å². The van der Waals surface area contributed by atoms with Crippen LogP contribution in [0.4, 0.5) is 4.39 Å². The van der Waals surface area contributed by atoms with Crippen molar-refractivity contribution in [2.45, 2.75) is 18.9 Å². The van der Waals surface area contributed by atoms with Crippen LogP contribution in [0.3, 0.4) is 0 Å². The van der Waals surface area contributed by atoms with Crippen molar-refractivity contribution in [2.75, 3.05) is 11.5 Å². The summed E-state index contributed by atoms with van der Waals surface area (Å²) in [6.45, 7) is 1.60. The molecular weight excluding hydrogens is 269 g/mol. The highest BCUT2D eigenvalue weighted by Crippen LogP contribution is 2.28. The predicted octanol–water partition coefficient (Wildman–Crippen LogP) is 1.82. The minimum Gasteiger partial charge on any atom is -0.479 e. The van der Waals surface area contributed by atoms with Crippen molar-refractivity contribution in [3.63, 3.8) is 0 Å². The molecule has 19 heavy (non-hydrogen) atoms. The molecule has 1 amide bonds. The monoisotopic (exact) mass is 283 g/mol. The molecule has 2 N–H and O–H groups in total. The second kappa shape index (κ2) is 5.21. The van der Waals surface area contributed by atoms with Crippen LogP contribution in [0.15, 0.2) is 18.2 Å². The summed E-state index contributed by atoms with van der Waals surface area (Å²) in [6.07, 6.45) is 0.382. The Bertz CT molecular complexity index is 527. The molecule has 1 heterocycles. The van der Waals surface area contributed by atoms with E-state index in [0.29, 0.717) is 23.5 Å². The van der Waals surface area contributed by atoms with Crippen LogP contribution in [0.2, 0.25) is 0 Å². The van der Waals surface area contributed by atoms with Crippen molar-refractivity contribution >= 4 is 23.6 Å². The molecule has 0 saturated carbocycles. The van der Waals surface area contributed by atoms with Crippen LogP contribution in [0.5, 0.6) is 0 Å². The number of aliphatic carboxylic acids is 1. The van der Waals surface area contributed by atoms with Crippen molar-refractivity contribution in [2.24, 2.45) is 0 Å². The maximum Gasteiger partial charge on any atom is 0.330 e. The summed E-state index contributed by atoms with van der Waals surface area (Å²) in [5, 5.41) is 11.8. The van der Waals surface area contributed by atoms with Crippen molar-refractivity contribution in [3.8, 4) is 0 Å². The second-order valence-electron chi connectivity index (χ2n) is 4.61.